The Hall–Kier alpha value is -2.79. The molecule has 1 heterocycles. The zero-order chi connectivity index (χ0) is 18.6. The maximum Gasteiger partial charge on any atom is 0.234 e. The summed E-state index contributed by atoms with van der Waals surface area (Å²) < 4.78 is 0. The maximum atomic E-state index is 12.3. The Balaban J connectivity index is 1.38. The Morgan fingerprint density at radius 1 is 1.00 bits per heavy atom. The molecule has 0 aromatic heterocycles. The smallest absolute Gasteiger partial charge is 0.234 e. The van der Waals surface area contributed by atoms with Crippen LogP contribution in [-0.4, -0.2) is 24.1 Å². The zero-order valence-electron chi connectivity index (χ0n) is 14.9. The Morgan fingerprint density at radius 2 is 1.85 bits per heavy atom. The first kappa shape index (κ1) is 17.6. The summed E-state index contributed by atoms with van der Waals surface area (Å²) in [7, 11) is 0. The first-order chi connectivity index (χ1) is 13.2. The Labute approximate surface area is 162 Å². The number of carbonyl (C=O) groups excluding carboxylic acids is 2. The molecular weight excluding hydrogens is 356 g/mol. The van der Waals surface area contributed by atoms with Crippen molar-refractivity contribution in [3.8, 4) is 0 Å². The van der Waals surface area contributed by atoms with Crippen molar-refractivity contribution < 1.29 is 9.59 Å². The average Bonchev–Trinajstić information content (AvgIpc) is 3.12. The largest absolute Gasteiger partial charge is 0.325 e. The lowest BCUT2D eigenvalue weighted by Crippen LogP contribution is -2.23. The van der Waals surface area contributed by atoms with E-state index in [-0.39, 0.29) is 11.8 Å². The summed E-state index contributed by atoms with van der Waals surface area (Å²) in [4.78, 5) is 27.1. The van der Waals surface area contributed by atoms with E-state index < -0.39 is 0 Å². The van der Waals surface area contributed by atoms with E-state index in [0.717, 1.165) is 29.2 Å². The van der Waals surface area contributed by atoms with Gasteiger partial charge in [0.05, 0.1) is 5.75 Å². The highest BCUT2D eigenvalue weighted by Gasteiger charge is 2.21. The minimum Gasteiger partial charge on any atom is -0.325 e. The van der Waals surface area contributed by atoms with Gasteiger partial charge in [-0.2, -0.15) is 0 Å². The van der Waals surface area contributed by atoms with Crippen LogP contribution in [0.4, 0.5) is 11.4 Å². The number of carbonyl (C=O) groups is 2. The molecule has 4 nitrogen and oxygen atoms in total. The molecule has 136 valence electrons. The summed E-state index contributed by atoms with van der Waals surface area (Å²) >= 11 is 1.52. The van der Waals surface area contributed by atoms with Crippen LogP contribution >= 0.6 is 11.8 Å². The number of benzene rings is 3. The van der Waals surface area contributed by atoms with Crippen molar-refractivity contribution in [3.63, 3.8) is 0 Å². The van der Waals surface area contributed by atoms with Crippen molar-refractivity contribution in [1.29, 1.82) is 0 Å². The fraction of sp³-hybridized carbons (Fsp3) is 0.182. The van der Waals surface area contributed by atoms with E-state index in [4.69, 9.17) is 0 Å². The Bertz CT molecular complexity index is 1000. The molecule has 0 bridgehead atoms. The average molecular weight is 376 g/mol. The normalized spacial score (nSPS) is 13.9. The van der Waals surface area contributed by atoms with Gasteiger partial charge in [0.25, 0.3) is 0 Å². The van der Waals surface area contributed by atoms with Gasteiger partial charge in [0.2, 0.25) is 11.8 Å². The van der Waals surface area contributed by atoms with Crippen molar-refractivity contribution in [2.75, 3.05) is 22.5 Å². The maximum absolute atomic E-state index is 12.3. The number of thioether (sulfide) groups is 1. The fourth-order valence-electron chi connectivity index (χ4n) is 3.28. The third kappa shape index (κ3) is 4.14. The molecular formula is C22H20N2O2S. The van der Waals surface area contributed by atoms with E-state index in [1.807, 2.05) is 42.5 Å². The van der Waals surface area contributed by atoms with Crippen LogP contribution in [0.3, 0.4) is 0 Å². The predicted molar refractivity (Wildman–Crippen MR) is 111 cm³/mol. The SMILES string of the molecule is O=C(CSc1ccc2ccccc2c1)Nc1cccc(N2CCCC2=O)c1. The van der Waals surface area contributed by atoms with E-state index in [1.54, 1.807) is 4.90 Å². The number of rotatable bonds is 5. The first-order valence-corrected chi connectivity index (χ1v) is 9.99. The minimum absolute atomic E-state index is 0.0574. The number of amides is 2. The van der Waals surface area contributed by atoms with E-state index in [9.17, 15) is 9.59 Å². The Morgan fingerprint density at radius 3 is 2.67 bits per heavy atom. The lowest BCUT2D eigenvalue weighted by atomic mass is 10.1. The molecule has 0 aliphatic carbocycles. The molecule has 0 radical (unpaired) electrons. The van der Waals surface area contributed by atoms with Crippen LogP contribution in [0, 0.1) is 0 Å². The topological polar surface area (TPSA) is 49.4 Å². The van der Waals surface area contributed by atoms with E-state index >= 15 is 0 Å². The molecule has 1 saturated heterocycles. The van der Waals surface area contributed by atoms with Gasteiger partial charge in [-0.25, -0.2) is 0 Å². The van der Waals surface area contributed by atoms with E-state index in [2.05, 4.69) is 29.6 Å². The second kappa shape index (κ2) is 7.84. The molecule has 5 heteroatoms. The molecule has 2 amide bonds. The second-order valence-electron chi connectivity index (χ2n) is 6.55. The molecule has 0 atom stereocenters. The summed E-state index contributed by atoms with van der Waals surface area (Å²) in [5.74, 6) is 0.425. The summed E-state index contributed by atoms with van der Waals surface area (Å²) in [5.41, 5.74) is 1.56. The van der Waals surface area contributed by atoms with Gasteiger partial charge in [-0.3, -0.25) is 9.59 Å². The van der Waals surface area contributed by atoms with Crippen LogP contribution in [0.15, 0.2) is 71.6 Å². The van der Waals surface area contributed by atoms with Gasteiger partial charge >= 0.3 is 0 Å². The molecule has 3 aromatic rings. The number of anilines is 2. The molecule has 1 aliphatic heterocycles. The second-order valence-corrected chi connectivity index (χ2v) is 7.59. The number of nitrogens with zero attached hydrogens (tertiary/aromatic N) is 1. The van der Waals surface area contributed by atoms with Gasteiger partial charge in [-0.15, -0.1) is 11.8 Å². The third-order valence-corrected chi connectivity index (χ3v) is 5.60. The molecule has 1 aliphatic rings. The molecule has 27 heavy (non-hydrogen) atoms. The standard InChI is InChI=1S/C22H20N2O2S/c25-21(15-27-20-11-10-16-5-1-2-6-17(16)13-20)23-18-7-3-8-19(14-18)24-12-4-9-22(24)26/h1-3,5-8,10-11,13-14H,4,9,12,15H2,(H,23,25). The molecule has 1 fully saturated rings. The highest BCUT2D eigenvalue weighted by Crippen LogP contribution is 2.26. The van der Waals surface area contributed by atoms with Crippen molar-refractivity contribution in [2.24, 2.45) is 0 Å². The van der Waals surface area contributed by atoms with Crippen molar-refractivity contribution in [2.45, 2.75) is 17.7 Å². The van der Waals surface area contributed by atoms with Crippen molar-refractivity contribution >= 4 is 45.7 Å². The van der Waals surface area contributed by atoms with Gasteiger partial charge in [0.15, 0.2) is 0 Å². The molecule has 1 N–H and O–H groups in total. The summed E-state index contributed by atoms with van der Waals surface area (Å²) in [5, 5.41) is 5.30. The molecule has 0 unspecified atom stereocenters. The highest BCUT2D eigenvalue weighted by atomic mass is 32.2. The molecule has 4 rings (SSSR count). The van der Waals surface area contributed by atoms with Crippen LogP contribution in [0.5, 0.6) is 0 Å². The van der Waals surface area contributed by atoms with Crippen LogP contribution in [0.1, 0.15) is 12.8 Å². The van der Waals surface area contributed by atoms with Gasteiger partial charge < -0.3 is 10.2 Å². The van der Waals surface area contributed by atoms with E-state index in [0.29, 0.717) is 12.2 Å². The van der Waals surface area contributed by atoms with Crippen LogP contribution in [-0.2, 0) is 9.59 Å². The predicted octanol–water partition coefficient (Wildman–Crippen LogP) is 4.70. The van der Waals surface area contributed by atoms with Crippen molar-refractivity contribution in [1.82, 2.24) is 0 Å². The molecule has 0 spiro atoms. The van der Waals surface area contributed by atoms with Gasteiger partial charge in [-0.1, -0.05) is 36.4 Å². The van der Waals surface area contributed by atoms with E-state index in [1.165, 1.54) is 22.5 Å². The number of hydrogen-bond donors (Lipinski definition) is 1. The fourth-order valence-corrected chi connectivity index (χ4v) is 4.02. The lowest BCUT2D eigenvalue weighted by molar-refractivity contribution is -0.117. The number of hydrogen-bond acceptors (Lipinski definition) is 3. The number of fused-ring (bicyclic) bond motifs is 1. The zero-order valence-corrected chi connectivity index (χ0v) is 15.7. The van der Waals surface area contributed by atoms with Crippen LogP contribution < -0.4 is 10.2 Å². The van der Waals surface area contributed by atoms with Gasteiger partial charge in [0, 0.05) is 29.2 Å². The van der Waals surface area contributed by atoms with Crippen LogP contribution in [0.25, 0.3) is 10.8 Å². The highest BCUT2D eigenvalue weighted by molar-refractivity contribution is 8.00. The van der Waals surface area contributed by atoms with Gasteiger partial charge in [-0.05, 0) is 47.5 Å². The third-order valence-electron chi connectivity index (χ3n) is 4.61. The summed E-state index contributed by atoms with van der Waals surface area (Å²) in [6.07, 6.45) is 1.48. The minimum atomic E-state index is -0.0574. The quantitative estimate of drug-likeness (QED) is 0.657. The number of nitrogens with one attached hydrogen (secondary N) is 1. The first-order valence-electron chi connectivity index (χ1n) is 9.01. The molecule has 3 aromatic carbocycles. The van der Waals surface area contributed by atoms with Crippen LogP contribution in [0.2, 0.25) is 0 Å². The van der Waals surface area contributed by atoms with Crippen molar-refractivity contribution in [3.05, 3.63) is 66.7 Å². The summed E-state index contributed by atoms with van der Waals surface area (Å²) in [6.45, 7) is 0.744. The molecule has 0 saturated carbocycles. The van der Waals surface area contributed by atoms with Gasteiger partial charge in [0.1, 0.15) is 0 Å². The Kier molecular flexibility index (Phi) is 5.12. The lowest BCUT2D eigenvalue weighted by Gasteiger charge is -2.16. The monoisotopic (exact) mass is 376 g/mol. The summed E-state index contributed by atoms with van der Waals surface area (Å²) in [6, 6.07) is 21.9.